The molecule has 1 unspecified atom stereocenters. The molecular formula is C13H22N2O3S. The van der Waals surface area contributed by atoms with E-state index in [2.05, 4.69) is 5.32 Å². The number of nitrogens with zero attached hydrogens (tertiary/aromatic N) is 1. The second-order valence-corrected chi connectivity index (χ2v) is 6.92. The van der Waals surface area contributed by atoms with Crippen molar-refractivity contribution < 1.29 is 14.7 Å². The highest BCUT2D eigenvalue weighted by Gasteiger charge is 2.38. The highest BCUT2D eigenvalue weighted by molar-refractivity contribution is 7.99. The third-order valence-electron chi connectivity index (χ3n) is 4.24. The van der Waals surface area contributed by atoms with Crippen LogP contribution in [0.4, 0.5) is 4.79 Å². The molecule has 2 N–H and O–H groups in total. The topological polar surface area (TPSA) is 69.6 Å². The summed E-state index contributed by atoms with van der Waals surface area (Å²) in [6.45, 7) is 3.58. The number of piperidine rings is 1. The third kappa shape index (κ3) is 3.55. The summed E-state index contributed by atoms with van der Waals surface area (Å²) in [4.78, 5) is 24.9. The van der Waals surface area contributed by atoms with Crippen molar-refractivity contribution in [3.05, 3.63) is 0 Å². The van der Waals surface area contributed by atoms with Crippen molar-refractivity contribution in [1.29, 1.82) is 0 Å². The first kappa shape index (κ1) is 14.5. The molecule has 0 aliphatic carbocycles. The fourth-order valence-electron chi connectivity index (χ4n) is 2.50. The highest BCUT2D eigenvalue weighted by atomic mass is 32.2. The van der Waals surface area contributed by atoms with Gasteiger partial charge in [-0.1, -0.05) is 0 Å². The molecule has 2 rings (SSSR count). The van der Waals surface area contributed by atoms with E-state index in [0.717, 1.165) is 12.3 Å². The number of carbonyl (C=O) groups excluding carboxylic acids is 1. The van der Waals surface area contributed by atoms with E-state index in [1.165, 1.54) is 12.2 Å². The minimum atomic E-state index is -0.754. The maximum absolute atomic E-state index is 12.0. The van der Waals surface area contributed by atoms with E-state index in [4.69, 9.17) is 5.11 Å². The number of hydrogen-bond donors (Lipinski definition) is 2. The number of carbonyl (C=O) groups is 2. The van der Waals surface area contributed by atoms with Crippen LogP contribution in [0.25, 0.3) is 0 Å². The molecule has 2 fully saturated rings. The van der Waals surface area contributed by atoms with Crippen molar-refractivity contribution in [3.63, 3.8) is 0 Å². The van der Waals surface area contributed by atoms with Gasteiger partial charge in [0.25, 0.3) is 0 Å². The molecule has 0 bridgehead atoms. The minimum Gasteiger partial charge on any atom is -0.481 e. The molecule has 0 radical (unpaired) electrons. The number of likely N-dealkylation sites (tertiary alicyclic amines) is 1. The molecule has 6 heteroatoms. The van der Waals surface area contributed by atoms with Crippen LogP contribution in [0, 0.1) is 11.3 Å². The Morgan fingerprint density at radius 3 is 2.63 bits per heavy atom. The first-order valence-corrected chi connectivity index (χ1v) is 8.01. The number of carboxylic acids is 1. The fourth-order valence-corrected chi connectivity index (χ4v) is 3.79. The molecule has 0 aromatic heterocycles. The molecule has 108 valence electrons. The summed E-state index contributed by atoms with van der Waals surface area (Å²) in [6, 6.07) is -0.0376. The molecule has 2 aliphatic heterocycles. The van der Waals surface area contributed by atoms with Gasteiger partial charge in [-0.05, 0) is 43.6 Å². The lowest BCUT2D eigenvalue weighted by Gasteiger charge is -2.36. The van der Waals surface area contributed by atoms with Gasteiger partial charge in [0.2, 0.25) is 0 Å². The second kappa shape index (κ2) is 6.03. The Balaban J connectivity index is 1.74. The van der Waals surface area contributed by atoms with Gasteiger partial charge in [-0.2, -0.15) is 11.8 Å². The van der Waals surface area contributed by atoms with Gasteiger partial charge >= 0.3 is 12.0 Å². The quantitative estimate of drug-likeness (QED) is 0.827. The predicted molar refractivity (Wildman–Crippen MR) is 75.4 cm³/mol. The van der Waals surface area contributed by atoms with Gasteiger partial charge in [0, 0.05) is 19.6 Å². The molecule has 0 spiro atoms. The maximum atomic E-state index is 12.0. The van der Waals surface area contributed by atoms with Gasteiger partial charge in [-0.3, -0.25) is 4.79 Å². The first-order valence-electron chi connectivity index (χ1n) is 6.85. The lowest BCUT2D eigenvalue weighted by Crippen LogP contribution is -2.49. The Morgan fingerprint density at radius 1 is 1.42 bits per heavy atom. The molecule has 2 aliphatic rings. The Bertz CT molecular complexity index is 348. The zero-order chi connectivity index (χ0) is 13.9. The summed E-state index contributed by atoms with van der Waals surface area (Å²) < 4.78 is 0. The first-order chi connectivity index (χ1) is 9.01. The standard InChI is InChI=1S/C13H22N2O3S/c1-13(11(16)17)3-5-15(6-4-13)12(18)14-8-10-2-7-19-9-10/h10H,2-9H2,1H3,(H,14,18)(H,16,17). The van der Waals surface area contributed by atoms with E-state index in [9.17, 15) is 9.59 Å². The van der Waals surface area contributed by atoms with Gasteiger partial charge in [0.1, 0.15) is 0 Å². The number of nitrogens with one attached hydrogen (secondary N) is 1. The Kier molecular flexibility index (Phi) is 4.60. The van der Waals surface area contributed by atoms with Crippen LogP contribution in [0.3, 0.4) is 0 Å². The normalized spacial score (nSPS) is 26.2. The van der Waals surface area contributed by atoms with Crippen molar-refractivity contribution >= 4 is 23.8 Å². The van der Waals surface area contributed by atoms with Crippen LogP contribution in [-0.4, -0.2) is 53.1 Å². The van der Waals surface area contributed by atoms with Crippen LogP contribution in [0.1, 0.15) is 26.2 Å². The molecule has 2 saturated heterocycles. The van der Waals surface area contributed by atoms with Gasteiger partial charge in [0.05, 0.1) is 5.41 Å². The van der Waals surface area contributed by atoms with Gasteiger partial charge in [0.15, 0.2) is 0 Å². The zero-order valence-corrected chi connectivity index (χ0v) is 12.2. The Labute approximate surface area is 118 Å². The smallest absolute Gasteiger partial charge is 0.317 e. The lowest BCUT2D eigenvalue weighted by molar-refractivity contribution is -0.150. The van der Waals surface area contributed by atoms with Crippen molar-refractivity contribution in [2.24, 2.45) is 11.3 Å². The summed E-state index contributed by atoms with van der Waals surface area (Å²) in [5.41, 5.74) is -0.668. The number of carboxylic acid groups (broad SMARTS) is 1. The molecule has 19 heavy (non-hydrogen) atoms. The van der Waals surface area contributed by atoms with E-state index < -0.39 is 11.4 Å². The molecule has 0 aromatic carbocycles. The second-order valence-electron chi connectivity index (χ2n) is 5.77. The van der Waals surface area contributed by atoms with Crippen LogP contribution >= 0.6 is 11.8 Å². The molecular weight excluding hydrogens is 264 g/mol. The summed E-state index contributed by atoms with van der Waals surface area (Å²) in [7, 11) is 0. The average Bonchev–Trinajstić information content (AvgIpc) is 2.90. The number of rotatable bonds is 3. The van der Waals surface area contributed by atoms with E-state index in [0.29, 0.717) is 31.8 Å². The fraction of sp³-hybridized carbons (Fsp3) is 0.846. The summed E-state index contributed by atoms with van der Waals surface area (Å²) in [5.74, 6) is 2.18. The Morgan fingerprint density at radius 2 is 2.11 bits per heavy atom. The minimum absolute atomic E-state index is 0.0376. The average molecular weight is 286 g/mol. The van der Waals surface area contributed by atoms with Crippen molar-refractivity contribution in [1.82, 2.24) is 10.2 Å². The van der Waals surface area contributed by atoms with Crippen LogP contribution in [0.15, 0.2) is 0 Å². The Hall–Kier alpha value is -0.910. The van der Waals surface area contributed by atoms with E-state index in [-0.39, 0.29) is 6.03 Å². The third-order valence-corrected chi connectivity index (χ3v) is 5.47. The predicted octanol–water partition coefficient (Wildman–Crippen LogP) is 1.64. The van der Waals surface area contributed by atoms with Gasteiger partial charge < -0.3 is 15.3 Å². The summed E-state index contributed by atoms with van der Waals surface area (Å²) in [5, 5.41) is 12.1. The number of thioether (sulfide) groups is 1. The summed E-state index contributed by atoms with van der Waals surface area (Å²) >= 11 is 1.94. The molecule has 0 aromatic rings. The van der Waals surface area contributed by atoms with Crippen LogP contribution in [0.5, 0.6) is 0 Å². The summed E-state index contributed by atoms with van der Waals surface area (Å²) in [6.07, 6.45) is 2.26. The molecule has 1 atom stereocenters. The SMILES string of the molecule is CC1(C(=O)O)CCN(C(=O)NCC2CCSC2)CC1. The van der Waals surface area contributed by atoms with Crippen LogP contribution < -0.4 is 5.32 Å². The van der Waals surface area contributed by atoms with Crippen LogP contribution in [0.2, 0.25) is 0 Å². The maximum Gasteiger partial charge on any atom is 0.317 e. The van der Waals surface area contributed by atoms with Gasteiger partial charge in [-0.25, -0.2) is 4.79 Å². The molecule has 2 amide bonds. The monoisotopic (exact) mass is 286 g/mol. The van der Waals surface area contributed by atoms with E-state index in [1.54, 1.807) is 11.8 Å². The van der Waals surface area contributed by atoms with Crippen molar-refractivity contribution in [2.45, 2.75) is 26.2 Å². The van der Waals surface area contributed by atoms with E-state index in [1.807, 2.05) is 11.8 Å². The molecule has 0 saturated carbocycles. The largest absolute Gasteiger partial charge is 0.481 e. The van der Waals surface area contributed by atoms with Crippen molar-refractivity contribution in [3.8, 4) is 0 Å². The number of hydrogen-bond acceptors (Lipinski definition) is 3. The van der Waals surface area contributed by atoms with Crippen LogP contribution in [-0.2, 0) is 4.79 Å². The van der Waals surface area contributed by atoms with E-state index >= 15 is 0 Å². The number of aliphatic carboxylic acids is 1. The highest BCUT2D eigenvalue weighted by Crippen LogP contribution is 2.31. The van der Waals surface area contributed by atoms with Gasteiger partial charge in [-0.15, -0.1) is 0 Å². The molecule has 2 heterocycles. The zero-order valence-electron chi connectivity index (χ0n) is 11.4. The lowest BCUT2D eigenvalue weighted by atomic mass is 9.80. The number of amides is 2. The molecule has 5 nitrogen and oxygen atoms in total. The van der Waals surface area contributed by atoms with Crippen molar-refractivity contribution in [2.75, 3.05) is 31.1 Å². The number of urea groups is 1.